The van der Waals surface area contributed by atoms with Crippen molar-refractivity contribution in [2.24, 2.45) is 0 Å². The van der Waals surface area contributed by atoms with Crippen molar-refractivity contribution in [1.82, 2.24) is 0 Å². The van der Waals surface area contributed by atoms with Gasteiger partial charge in [0.05, 0.1) is 6.61 Å². The molecule has 0 atom stereocenters. The molecule has 0 saturated heterocycles. The summed E-state index contributed by atoms with van der Waals surface area (Å²) in [6.07, 6.45) is 1.32. The van der Waals surface area contributed by atoms with Crippen LogP contribution in [0.15, 0.2) is 24.3 Å². The molecule has 0 amide bonds. The number of ether oxygens (including phenoxy) is 1. The fourth-order valence-corrected chi connectivity index (χ4v) is 1.43. The number of benzene rings is 1. The molecule has 0 radical (unpaired) electrons. The molecular weight excluding hydrogens is 188 g/mol. The van der Waals surface area contributed by atoms with Crippen LogP contribution in [0, 0.1) is 0 Å². The average Bonchev–Trinajstić information content (AvgIpc) is 2.17. The minimum absolute atomic E-state index is 0.0672. The van der Waals surface area contributed by atoms with Crippen molar-refractivity contribution in [2.45, 2.75) is 32.6 Å². The van der Waals surface area contributed by atoms with Crippen LogP contribution in [0.1, 0.15) is 32.8 Å². The van der Waals surface area contributed by atoms with Crippen molar-refractivity contribution < 1.29 is 9.53 Å². The van der Waals surface area contributed by atoms with E-state index in [0.717, 1.165) is 12.0 Å². The summed E-state index contributed by atoms with van der Waals surface area (Å²) in [6, 6.07) is 7.97. The van der Waals surface area contributed by atoms with Crippen molar-refractivity contribution in [2.75, 3.05) is 6.61 Å². The molecule has 0 aromatic heterocycles. The first-order valence-electron chi connectivity index (χ1n) is 5.21. The van der Waals surface area contributed by atoms with Crippen molar-refractivity contribution >= 4 is 6.29 Å². The van der Waals surface area contributed by atoms with Crippen LogP contribution in [-0.4, -0.2) is 12.9 Å². The number of carbonyl (C=O) groups is 1. The van der Waals surface area contributed by atoms with Gasteiger partial charge in [-0.3, -0.25) is 0 Å². The first-order valence-corrected chi connectivity index (χ1v) is 5.21. The molecule has 0 saturated carbocycles. The van der Waals surface area contributed by atoms with Crippen LogP contribution in [0.5, 0.6) is 5.75 Å². The first kappa shape index (κ1) is 11.8. The highest BCUT2D eigenvalue weighted by molar-refractivity contribution is 5.49. The zero-order valence-corrected chi connectivity index (χ0v) is 9.62. The van der Waals surface area contributed by atoms with Gasteiger partial charge in [0, 0.05) is 6.42 Å². The lowest BCUT2D eigenvalue weighted by molar-refractivity contribution is -0.108. The van der Waals surface area contributed by atoms with Gasteiger partial charge in [-0.15, -0.1) is 0 Å². The number of para-hydroxylation sites is 1. The molecule has 2 heteroatoms. The minimum atomic E-state index is 0.0672. The number of hydrogen-bond acceptors (Lipinski definition) is 2. The molecule has 0 aliphatic rings. The van der Waals surface area contributed by atoms with Crippen LogP contribution in [0.25, 0.3) is 0 Å². The Morgan fingerprint density at radius 2 is 1.93 bits per heavy atom. The molecule has 0 spiro atoms. The lowest BCUT2D eigenvalue weighted by Crippen LogP contribution is -2.13. The van der Waals surface area contributed by atoms with E-state index in [1.807, 2.05) is 18.2 Å². The normalized spacial score (nSPS) is 11.1. The molecule has 1 rings (SSSR count). The number of rotatable bonds is 4. The molecular formula is C13H18O2. The van der Waals surface area contributed by atoms with E-state index >= 15 is 0 Å². The van der Waals surface area contributed by atoms with Gasteiger partial charge in [-0.2, -0.15) is 0 Å². The highest BCUT2D eigenvalue weighted by atomic mass is 16.5. The third kappa shape index (κ3) is 3.39. The Hall–Kier alpha value is -1.31. The van der Waals surface area contributed by atoms with Crippen LogP contribution >= 0.6 is 0 Å². The van der Waals surface area contributed by atoms with E-state index in [1.54, 1.807) is 0 Å². The molecule has 0 aliphatic carbocycles. The van der Waals surface area contributed by atoms with E-state index in [9.17, 15) is 4.79 Å². The zero-order chi connectivity index (χ0) is 11.3. The quantitative estimate of drug-likeness (QED) is 0.559. The van der Waals surface area contributed by atoms with Crippen molar-refractivity contribution in [3.8, 4) is 5.75 Å². The van der Waals surface area contributed by atoms with Gasteiger partial charge in [-0.1, -0.05) is 39.0 Å². The summed E-state index contributed by atoms with van der Waals surface area (Å²) >= 11 is 0. The van der Waals surface area contributed by atoms with E-state index in [4.69, 9.17) is 4.74 Å². The number of hydrogen-bond donors (Lipinski definition) is 0. The van der Waals surface area contributed by atoms with E-state index in [1.165, 1.54) is 5.56 Å². The van der Waals surface area contributed by atoms with Crippen LogP contribution < -0.4 is 4.74 Å². The van der Waals surface area contributed by atoms with Crippen molar-refractivity contribution in [3.63, 3.8) is 0 Å². The molecule has 0 bridgehead atoms. The maximum Gasteiger partial charge on any atom is 0.123 e. The Balaban J connectivity index is 2.82. The Kier molecular flexibility index (Phi) is 3.89. The summed E-state index contributed by atoms with van der Waals surface area (Å²) in [5, 5.41) is 0. The summed E-state index contributed by atoms with van der Waals surface area (Å²) in [7, 11) is 0. The smallest absolute Gasteiger partial charge is 0.123 e. The monoisotopic (exact) mass is 206 g/mol. The highest BCUT2D eigenvalue weighted by Gasteiger charge is 2.17. The molecule has 0 unspecified atom stereocenters. The second-order valence-corrected chi connectivity index (χ2v) is 4.55. The third-order valence-corrected chi connectivity index (χ3v) is 2.19. The summed E-state index contributed by atoms with van der Waals surface area (Å²) in [5.74, 6) is 0.881. The zero-order valence-electron chi connectivity index (χ0n) is 9.62. The topological polar surface area (TPSA) is 26.3 Å². The van der Waals surface area contributed by atoms with Gasteiger partial charge in [0.25, 0.3) is 0 Å². The van der Waals surface area contributed by atoms with Crippen LogP contribution in [0.4, 0.5) is 0 Å². The van der Waals surface area contributed by atoms with Gasteiger partial charge in [0.15, 0.2) is 0 Å². The second kappa shape index (κ2) is 4.96. The van der Waals surface area contributed by atoms with Gasteiger partial charge in [0.2, 0.25) is 0 Å². The van der Waals surface area contributed by atoms with Crippen LogP contribution in [-0.2, 0) is 10.2 Å². The Bertz CT molecular complexity index is 324. The minimum Gasteiger partial charge on any atom is -0.493 e. The van der Waals surface area contributed by atoms with Gasteiger partial charge < -0.3 is 9.53 Å². The predicted molar refractivity (Wildman–Crippen MR) is 61.3 cm³/mol. The Morgan fingerprint density at radius 1 is 1.27 bits per heavy atom. The predicted octanol–water partition coefficient (Wildman–Crippen LogP) is 2.95. The summed E-state index contributed by atoms with van der Waals surface area (Å²) < 4.78 is 5.57. The number of carbonyl (C=O) groups excluding carboxylic acids is 1. The standard InChI is InChI=1S/C13H18O2/c1-13(2,3)11-7-4-5-8-12(11)15-10-6-9-14/h4-5,7-9H,6,10H2,1-3H3. The van der Waals surface area contributed by atoms with Gasteiger partial charge in [-0.25, -0.2) is 0 Å². The highest BCUT2D eigenvalue weighted by Crippen LogP contribution is 2.30. The Morgan fingerprint density at radius 3 is 2.53 bits per heavy atom. The third-order valence-electron chi connectivity index (χ3n) is 2.19. The molecule has 82 valence electrons. The lowest BCUT2D eigenvalue weighted by Gasteiger charge is -2.22. The van der Waals surface area contributed by atoms with Crippen LogP contribution in [0.2, 0.25) is 0 Å². The van der Waals surface area contributed by atoms with Crippen molar-refractivity contribution in [1.29, 1.82) is 0 Å². The fourth-order valence-electron chi connectivity index (χ4n) is 1.43. The SMILES string of the molecule is CC(C)(C)c1ccccc1OCCC=O. The van der Waals surface area contributed by atoms with Gasteiger partial charge >= 0.3 is 0 Å². The van der Waals surface area contributed by atoms with Crippen molar-refractivity contribution in [3.05, 3.63) is 29.8 Å². The van der Waals surface area contributed by atoms with Gasteiger partial charge in [-0.05, 0) is 17.0 Å². The van der Waals surface area contributed by atoms with E-state index < -0.39 is 0 Å². The first-order chi connectivity index (χ1) is 7.05. The largest absolute Gasteiger partial charge is 0.493 e. The molecule has 1 aromatic carbocycles. The molecule has 1 aromatic rings. The van der Waals surface area contributed by atoms with Crippen LogP contribution in [0.3, 0.4) is 0 Å². The lowest BCUT2D eigenvalue weighted by atomic mass is 9.86. The maximum atomic E-state index is 10.2. The second-order valence-electron chi connectivity index (χ2n) is 4.55. The molecule has 15 heavy (non-hydrogen) atoms. The van der Waals surface area contributed by atoms with E-state index in [-0.39, 0.29) is 5.41 Å². The average molecular weight is 206 g/mol. The molecule has 0 N–H and O–H groups in total. The molecule has 0 aliphatic heterocycles. The summed E-state index contributed by atoms with van der Waals surface area (Å²) in [6.45, 7) is 6.90. The maximum absolute atomic E-state index is 10.2. The molecule has 2 nitrogen and oxygen atoms in total. The fraction of sp³-hybridized carbons (Fsp3) is 0.462. The van der Waals surface area contributed by atoms with Gasteiger partial charge in [0.1, 0.15) is 12.0 Å². The Labute approximate surface area is 91.3 Å². The summed E-state index contributed by atoms with van der Waals surface area (Å²) in [4.78, 5) is 10.2. The number of aldehydes is 1. The molecule has 0 heterocycles. The van der Waals surface area contributed by atoms with E-state index in [2.05, 4.69) is 26.8 Å². The summed E-state index contributed by atoms with van der Waals surface area (Å²) in [5.41, 5.74) is 1.24. The molecule has 0 fully saturated rings. The van der Waals surface area contributed by atoms with E-state index in [0.29, 0.717) is 13.0 Å².